The number of rotatable bonds is 2. The van der Waals surface area contributed by atoms with E-state index in [0.717, 1.165) is 38.5 Å². The Kier molecular flexibility index (Phi) is 4.89. The smallest absolute Gasteiger partial charge is 0.318 e. The average molecular weight is 307 g/mol. The molecule has 0 spiro atoms. The third-order valence-corrected chi connectivity index (χ3v) is 5.55. The van der Waals surface area contributed by atoms with Crippen LogP contribution in [-0.4, -0.2) is 41.0 Å². The number of carbonyl (C=O) groups excluding carboxylic acids is 2. The van der Waals surface area contributed by atoms with Crippen molar-refractivity contribution in [2.45, 2.75) is 95.3 Å². The molecule has 3 atom stereocenters. The molecule has 3 fully saturated rings. The van der Waals surface area contributed by atoms with Crippen LogP contribution in [0.3, 0.4) is 0 Å². The third kappa shape index (κ3) is 3.55. The quantitative estimate of drug-likeness (QED) is 0.823. The van der Waals surface area contributed by atoms with Crippen LogP contribution in [0.2, 0.25) is 0 Å². The van der Waals surface area contributed by atoms with Gasteiger partial charge in [-0.2, -0.15) is 0 Å². The van der Waals surface area contributed by atoms with Crippen LogP contribution in [0.15, 0.2) is 0 Å². The van der Waals surface area contributed by atoms with Crippen molar-refractivity contribution in [2.24, 2.45) is 0 Å². The second kappa shape index (κ2) is 6.88. The highest BCUT2D eigenvalue weighted by Gasteiger charge is 2.41. The van der Waals surface area contributed by atoms with E-state index in [1.807, 2.05) is 0 Å². The summed E-state index contributed by atoms with van der Waals surface area (Å²) in [6.07, 6.45) is 11.2. The number of hydrogen-bond acceptors (Lipinski definition) is 2. The lowest BCUT2D eigenvalue weighted by molar-refractivity contribution is -0.120. The molecule has 3 rings (SSSR count). The number of urea groups is 1. The molecule has 1 saturated carbocycles. The van der Waals surface area contributed by atoms with Gasteiger partial charge in [0.15, 0.2) is 0 Å². The highest BCUT2D eigenvalue weighted by molar-refractivity contribution is 5.76. The fraction of sp³-hybridized carbons (Fsp3) is 0.882. The molecule has 0 aromatic rings. The Bertz CT molecular complexity index is 406. The van der Waals surface area contributed by atoms with Crippen molar-refractivity contribution < 1.29 is 9.59 Å². The van der Waals surface area contributed by atoms with Crippen molar-refractivity contribution in [1.29, 1.82) is 0 Å². The first-order valence-corrected chi connectivity index (χ1v) is 8.99. The van der Waals surface area contributed by atoms with Crippen molar-refractivity contribution in [1.82, 2.24) is 15.5 Å². The van der Waals surface area contributed by atoms with E-state index < -0.39 is 0 Å². The fourth-order valence-electron chi connectivity index (χ4n) is 4.61. The molecule has 0 aromatic heterocycles. The van der Waals surface area contributed by atoms with Gasteiger partial charge < -0.3 is 15.5 Å². The largest absolute Gasteiger partial charge is 0.353 e. The van der Waals surface area contributed by atoms with Crippen LogP contribution in [0.5, 0.6) is 0 Å². The predicted molar refractivity (Wildman–Crippen MR) is 85.5 cm³/mol. The Balaban J connectivity index is 1.60. The van der Waals surface area contributed by atoms with Gasteiger partial charge in [-0.25, -0.2) is 4.79 Å². The molecule has 3 aliphatic rings. The van der Waals surface area contributed by atoms with Crippen LogP contribution in [-0.2, 0) is 4.79 Å². The highest BCUT2D eigenvalue weighted by atomic mass is 16.2. The summed E-state index contributed by atoms with van der Waals surface area (Å²) in [6, 6.07) is 1.35. The molecule has 124 valence electrons. The molecule has 2 saturated heterocycles. The molecule has 2 aliphatic heterocycles. The van der Waals surface area contributed by atoms with Gasteiger partial charge in [-0.15, -0.1) is 0 Å². The van der Waals surface area contributed by atoms with Gasteiger partial charge >= 0.3 is 6.03 Å². The van der Waals surface area contributed by atoms with E-state index in [-0.39, 0.29) is 18.0 Å². The maximum absolute atomic E-state index is 12.7. The standard InChI is InChI=1S/C17H29N3O2/c1-12(21)18-14-10-15-8-5-9-16(11-14)20(15)17(22)19-13-6-3-2-4-7-13/h13-16H,2-11H2,1H3,(H,18,21)(H,19,22)/t14?,15-,16+. The Morgan fingerprint density at radius 3 is 2.05 bits per heavy atom. The third-order valence-electron chi connectivity index (χ3n) is 5.55. The van der Waals surface area contributed by atoms with E-state index in [9.17, 15) is 9.59 Å². The van der Waals surface area contributed by atoms with Gasteiger partial charge in [0.25, 0.3) is 0 Å². The highest BCUT2D eigenvalue weighted by Crippen LogP contribution is 2.34. The molecule has 5 nitrogen and oxygen atoms in total. The summed E-state index contributed by atoms with van der Waals surface area (Å²) >= 11 is 0. The van der Waals surface area contributed by atoms with Crippen LogP contribution < -0.4 is 10.6 Å². The number of piperidine rings is 2. The van der Waals surface area contributed by atoms with E-state index in [4.69, 9.17) is 0 Å². The summed E-state index contributed by atoms with van der Waals surface area (Å²) in [5.74, 6) is 0.0446. The molecule has 2 heterocycles. The SMILES string of the molecule is CC(=O)NC1C[C@H]2CCC[C@@H](C1)N2C(=O)NC1CCCCC1. The monoisotopic (exact) mass is 307 g/mol. The van der Waals surface area contributed by atoms with Gasteiger partial charge in [-0.1, -0.05) is 19.3 Å². The van der Waals surface area contributed by atoms with Gasteiger partial charge in [0.2, 0.25) is 5.91 Å². The molecule has 0 aromatic carbocycles. The minimum atomic E-state index is 0.0446. The van der Waals surface area contributed by atoms with Crippen molar-refractivity contribution in [2.75, 3.05) is 0 Å². The first-order chi connectivity index (χ1) is 10.6. The second-order valence-electron chi connectivity index (χ2n) is 7.30. The van der Waals surface area contributed by atoms with Crippen molar-refractivity contribution in [3.05, 3.63) is 0 Å². The summed E-state index contributed by atoms with van der Waals surface area (Å²) in [5.41, 5.74) is 0. The van der Waals surface area contributed by atoms with Crippen molar-refractivity contribution in [3.63, 3.8) is 0 Å². The van der Waals surface area contributed by atoms with Gasteiger partial charge in [-0.05, 0) is 44.9 Å². The number of amides is 3. The van der Waals surface area contributed by atoms with Gasteiger partial charge in [0.05, 0.1) is 0 Å². The summed E-state index contributed by atoms with van der Waals surface area (Å²) in [4.78, 5) is 26.1. The number of hydrogen-bond donors (Lipinski definition) is 2. The summed E-state index contributed by atoms with van der Waals surface area (Å²) < 4.78 is 0. The number of carbonyl (C=O) groups is 2. The van der Waals surface area contributed by atoms with Crippen LogP contribution >= 0.6 is 0 Å². The molecule has 5 heteroatoms. The normalized spacial score (nSPS) is 32.4. The van der Waals surface area contributed by atoms with Gasteiger partial charge in [0, 0.05) is 31.1 Å². The molecule has 1 unspecified atom stereocenters. The molecule has 0 radical (unpaired) electrons. The van der Waals surface area contributed by atoms with E-state index >= 15 is 0 Å². The first kappa shape index (κ1) is 15.6. The van der Waals surface area contributed by atoms with Crippen LogP contribution in [0.25, 0.3) is 0 Å². The van der Waals surface area contributed by atoms with Crippen LogP contribution in [0.1, 0.15) is 71.1 Å². The minimum Gasteiger partial charge on any atom is -0.353 e. The lowest BCUT2D eigenvalue weighted by Crippen LogP contribution is -2.61. The maximum atomic E-state index is 12.7. The number of nitrogens with one attached hydrogen (secondary N) is 2. The Morgan fingerprint density at radius 1 is 0.818 bits per heavy atom. The Morgan fingerprint density at radius 2 is 1.45 bits per heavy atom. The van der Waals surface area contributed by atoms with Crippen LogP contribution in [0.4, 0.5) is 4.79 Å². The Hall–Kier alpha value is -1.26. The van der Waals surface area contributed by atoms with Crippen molar-refractivity contribution in [3.8, 4) is 0 Å². The first-order valence-electron chi connectivity index (χ1n) is 8.99. The lowest BCUT2D eigenvalue weighted by Gasteiger charge is -2.49. The fourth-order valence-corrected chi connectivity index (χ4v) is 4.61. The zero-order chi connectivity index (χ0) is 15.5. The zero-order valence-electron chi connectivity index (χ0n) is 13.6. The molecule has 2 bridgehead atoms. The summed E-state index contributed by atoms with van der Waals surface area (Å²) in [7, 11) is 0. The summed E-state index contributed by atoms with van der Waals surface area (Å²) in [6.45, 7) is 1.58. The summed E-state index contributed by atoms with van der Waals surface area (Å²) in [5, 5.41) is 6.33. The maximum Gasteiger partial charge on any atom is 0.318 e. The molecule has 3 amide bonds. The van der Waals surface area contributed by atoms with E-state index in [1.165, 1.54) is 25.7 Å². The van der Waals surface area contributed by atoms with Crippen LogP contribution in [0, 0.1) is 0 Å². The zero-order valence-corrected chi connectivity index (χ0v) is 13.6. The minimum absolute atomic E-state index is 0.0446. The second-order valence-corrected chi connectivity index (χ2v) is 7.30. The molecule has 22 heavy (non-hydrogen) atoms. The predicted octanol–water partition coefficient (Wildman–Crippen LogP) is 2.55. The van der Waals surface area contributed by atoms with E-state index in [1.54, 1.807) is 6.92 Å². The number of nitrogens with zero attached hydrogens (tertiary/aromatic N) is 1. The van der Waals surface area contributed by atoms with E-state index in [0.29, 0.717) is 18.1 Å². The average Bonchev–Trinajstić information content (AvgIpc) is 2.46. The number of fused-ring (bicyclic) bond motifs is 2. The Labute approximate surface area is 133 Å². The molecular formula is C17H29N3O2. The molecular weight excluding hydrogens is 278 g/mol. The molecule has 1 aliphatic carbocycles. The molecule has 2 N–H and O–H groups in total. The van der Waals surface area contributed by atoms with Gasteiger partial charge in [0.1, 0.15) is 0 Å². The van der Waals surface area contributed by atoms with Crippen molar-refractivity contribution >= 4 is 11.9 Å². The van der Waals surface area contributed by atoms with Gasteiger partial charge in [-0.3, -0.25) is 4.79 Å². The lowest BCUT2D eigenvalue weighted by atomic mass is 9.82. The topological polar surface area (TPSA) is 61.4 Å². The van der Waals surface area contributed by atoms with E-state index in [2.05, 4.69) is 15.5 Å².